The minimum absolute atomic E-state index is 0.0189. The van der Waals surface area contributed by atoms with Gasteiger partial charge in [0.1, 0.15) is 22.7 Å². The number of allylic oxidation sites excluding steroid dienone is 1. The van der Waals surface area contributed by atoms with Crippen molar-refractivity contribution in [3.8, 4) is 11.5 Å². The molecule has 0 radical (unpaired) electrons. The Balaban J connectivity index is 1.98. The Hall–Kier alpha value is -3.42. The van der Waals surface area contributed by atoms with Crippen molar-refractivity contribution in [2.24, 2.45) is 5.41 Å². The van der Waals surface area contributed by atoms with E-state index >= 15 is 0 Å². The summed E-state index contributed by atoms with van der Waals surface area (Å²) in [5.41, 5.74) is 2.74. The van der Waals surface area contributed by atoms with Gasteiger partial charge in [0.15, 0.2) is 0 Å². The predicted octanol–water partition coefficient (Wildman–Crippen LogP) is 3.36. The van der Waals surface area contributed by atoms with E-state index < -0.39 is 28.6 Å². The van der Waals surface area contributed by atoms with E-state index in [1.165, 1.54) is 43.5 Å². The first-order valence-electron chi connectivity index (χ1n) is 8.50. The van der Waals surface area contributed by atoms with Gasteiger partial charge in [0, 0.05) is 18.3 Å². The Kier molecular flexibility index (Phi) is 4.80. The smallest absolute Gasteiger partial charge is 0.316 e. The maximum Gasteiger partial charge on any atom is 0.316 e. The molecule has 1 heterocycles. The van der Waals surface area contributed by atoms with Crippen molar-refractivity contribution < 1.29 is 28.9 Å². The molecular formula is C20H19FN2O5. The van der Waals surface area contributed by atoms with Crippen LogP contribution in [-0.4, -0.2) is 27.1 Å². The molecule has 0 saturated heterocycles. The number of nitrogens with zero attached hydrogens (tertiary/aromatic N) is 1. The van der Waals surface area contributed by atoms with E-state index in [1.807, 2.05) is 0 Å². The number of hydrogen-bond acceptors (Lipinski definition) is 5. The molecule has 1 aliphatic rings. The van der Waals surface area contributed by atoms with Crippen LogP contribution in [0.2, 0.25) is 0 Å². The van der Waals surface area contributed by atoms with Gasteiger partial charge in [0.2, 0.25) is 0 Å². The summed E-state index contributed by atoms with van der Waals surface area (Å²) in [4.78, 5) is 28.0. The number of carboxylic acid groups (broad SMARTS) is 2. The van der Waals surface area contributed by atoms with Crippen LogP contribution >= 0.6 is 0 Å². The number of carboxylic acids is 2. The molecule has 1 aliphatic carbocycles. The molecule has 2 atom stereocenters. The third kappa shape index (κ3) is 3.40. The van der Waals surface area contributed by atoms with Crippen molar-refractivity contribution in [1.82, 2.24) is 4.98 Å². The van der Waals surface area contributed by atoms with Gasteiger partial charge in [-0.25, -0.2) is 4.39 Å². The predicted molar refractivity (Wildman–Crippen MR) is 98.6 cm³/mol. The van der Waals surface area contributed by atoms with Crippen LogP contribution in [0, 0.1) is 11.2 Å². The SMILES string of the molecule is CC1(C(=O)O)C=CCC(C(=O)O)(c2cc(Oc3ccc(N)c(F)c3)ccn2)C1. The first kappa shape index (κ1) is 19.3. The lowest BCUT2D eigenvalue weighted by molar-refractivity contribution is -0.151. The summed E-state index contributed by atoms with van der Waals surface area (Å²) in [5, 5.41) is 19.5. The summed E-state index contributed by atoms with van der Waals surface area (Å²) < 4.78 is 19.2. The highest BCUT2D eigenvalue weighted by Crippen LogP contribution is 2.45. The second-order valence-electron chi connectivity index (χ2n) is 7.06. The molecule has 0 fully saturated rings. The lowest BCUT2D eigenvalue weighted by Gasteiger charge is -2.37. The van der Waals surface area contributed by atoms with E-state index in [9.17, 15) is 24.2 Å². The molecule has 3 rings (SSSR count). The van der Waals surface area contributed by atoms with E-state index in [0.29, 0.717) is 0 Å². The van der Waals surface area contributed by atoms with Crippen molar-refractivity contribution in [2.45, 2.75) is 25.2 Å². The molecule has 2 aromatic rings. The van der Waals surface area contributed by atoms with E-state index in [0.717, 1.165) is 6.07 Å². The van der Waals surface area contributed by atoms with E-state index in [2.05, 4.69) is 4.98 Å². The molecule has 2 unspecified atom stereocenters. The Morgan fingerprint density at radius 1 is 1.18 bits per heavy atom. The molecule has 0 saturated carbocycles. The molecule has 28 heavy (non-hydrogen) atoms. The Bertz CT molecular complexity index is 977. The van der Waals surface area contributed by atoms with Gasteiger partial charge in [-0.15, -0.1) is 0 Å². The number of aliphatic carboxylic acids is 2. The van der Waals surface area contributed by atoms with E-state index in [1.54, 1.807) is 6.08 Å². The van der Waals surface area contributed by atoms with Crippen LogP contribution in [0.25, 0.3) is 0 Å². The molecule has 8 heteroatoms. The summed E-state index contributed by atoms with van der Waals surface area (Å²) in [5.74, 6) is -2.48. The summed E-state index contributed by atoms with van der Waals surface area (Å²) >= 11 is 0. The van der Waals surface area contributed by atoms with Crippen LogP contribution in [0.1, 0.15) is 25.5 Å². The fourth-order valence-corrected chi connectivity index (χ4v) is 3.34. The summed E-state index contributed by atoms with van der Waals surface area (Å²) in [6, 6.07) is 6.89. The average Bonchev–Trinajstić information content (AvgIpc) is 2.64. The van der Waals surface area contributed by atoms with Crippen LogP contribution in [0.5, 0.6) is 11.5 Å². The summed E-state index contributed by atoms with van der Waals surface area (Å²) in [6.07, 6.45) is 4.37. The maximum atomic E-state index is 13.6. The number of ether oxygens (including phenoxy) is 1. The van der Waals surface area contributed by atoms with Crippen LogP contribution in [0.4, 0.5) is 10.1 Å². The highest BCUT2D eigenvalue weighted by atomic mass is 19.1. The zero-order valence-electron chi connectivity index (χ0n) is 15.1. The van der Waals surface area contributed by atoms with Gasteiger partial charge in [-0.2, -0.15) is 0 Å². The fourth-order valence-electron chi connectivity index (χ4n) is 3.34. The topological polar surface area (TPSA) is 123 Å². The van der Waals surface area contributed by atoms with E-state index in [4.69, 9.17) is 10.5 Å². The number of anilines is 1. The van der Waals surface area contributed by atoms with Crippen LogP contribution in [-0.2, 0) is 15.0 Å². The van der Waals surface area contributed by atoms with Crippen LogP contribution in [0.15, 0.2) is 48.7 Å². The number of aromatic nitrogens is 1. The lowest BCUT2D eigenvalue weighted by Crippen LogP contribution is -2.45. The summed E-state index contributed by atoms with van der Waals surface area (Å²) in [7, 11) is 0. The van der Waals surface area contributed by atoms with Gasteiger partial charge < -0.3 is 20.7 Å². The molecule has 0 spiro atoms. The van der Waals surface area contributed by atoms with Crippen LogP contribution < -0.4 is 10.5 Å². The Morgan fingerprint density at radius 3 is 2.54 bits per heavy atom. The molecule has 7 nitrogen and oxygen atoms in total. The zero-order valence-corrected chi connectivity index (χ0v) is 15.1. The average molecular weight is 386 g/mol. The first-order valence-corrected chi connectivity index (χ1v) is 8.50. The number of hydrogen-bond donors (Lipinski definition) is 3. The number of carbonyl (C=O) groups is 2. The molecular weight excluding hydrogens is 367 g/mol. The molecule has 4 N–H and O–H groups in total. The molecule has 146 valence electrons. The largest absolute Gasteiger partial charge is 0.481 e. The van der Waals surface area contributed by atoms with Gasteiger partial charge in [-0.05, 0) is 38.0 Å². The number of pyridine rings is 1. The van der Waals surface area contributed by atoms with Gasteiger partial charge in [-0.1, -0.05) is 12.2 Å². The molecule has 1 aromatic carbocycles. The van der Waals surface area contributed by atoms with Gasteiger partial charge in [0.05, 0.1) is 16.8 Å². The third-order valence-electron chi connectivity index (χ3n) is 4.95. The Labute approximate surface area is 160 Å². The normalized spacial score (nSPS) is 23.9. The highest BCUT2D eigenvalue weighted by molar-refractivity contribution is 5.85. The minimum atomic E-state index is -1.52. The number of halogens is 1. The number of nitrogen functional groups attached to an aromatic ring is 1. The van der Waals surface area contributed by atoms with Crippen molar-refractivity contribution >= 4 is 17.6 Å². The Morgan fingerprint density at radius 2 is 1.89 bits per heavy atom. The van der Waals surface area contributed by atoms with Crippen molar-refractivity contribution in [3.63, 3.8) is 0 Å². The molecule has 0 bridgehead atoms. The second-order valence-corrected chi connectivity index (χ2v) is 7.06. The van der Waals surface area contributed by atoms with Crippen LogP contribution in [0.3, 0.4) is 0 Å². The lowest BCUT2D eigenvalue weighted by atomic mass is 9.64. The second kappa shape index (κ2) is 6.95. The minimum Gasteiger partial charge on any atom is -0.481 e. The quantitative estimate of drug-likeness (QED) is 0.532. The summed E-state index contributed by atoms with van der Waals surface area (Å²) in [6.45, 7) is 1.47. The third-order valence-corrected chi connectivity index (χ3v) is 4.95. The van der Waals surface area contributed by atoms with Gasteiger partial charge in [0.25, 0.3) is 0 Å². The number of nitrogens with two attached hydrogens (primary N) is 1. The molecule has 1 aromatic heterocycles. The zero-order chi connectivity index (χ0) is 20.5. The van der Waals surface area contributed by atoms with Gasteiger partial charge in [-0.3, -0.25) is 14.6 Å². The van der Waals surface area contributed by atoms with Gasteiger partial charge >= 0.3 is 11.9 Å². The standard InChI is InChI=1S/C20H19FN2O5/c1-19(17(24)25)6-2-7-20(11-19,18(26)27)16-10-13(5-8-23-16)28-12-3-4-15(22)14(21)9-12/h2-6,8-10H,7,11,22H2,1H3,(H,24,25)(H,26,27). The molecule has 0 aliphatic heterocycles. The monoisotopic (exact) mass is 386 g/mol. The molecule has 0 amide bonds. The maximum absolute atomic E-state index is 13.6. The van der Waals surface area contributed by atoms with Crippen molar-refractivity contribution in [1.29, 1.82) is 0 Å². The highest BCUT2D eigenvalue weighted by Gasteiger charge is 2.50. The first-order chi connectivity index (χ1) is 13.2. The van der Waals surface area contributed by atoms with Crippen molar-refractivity contribution in [3.05, 3.63) is 60.2 Å². The van der Waals surface area contributed by atoms with Crippen molar-refractivity contribution in [2.75, 3.05) is 5.73 Å². The van der Waals surface area contributed by atoms with E-state index in [-0.39, 0.29) is 35.7 Å². The fraction of sp³-hybridized carbons (Fsp3) is 0.250. The number of rotatable bonds is 5. The number of benzene rings is 1.